The van der Waals surface area contributed by atoms with Gasteiger partial charge in [-0.1, -0.05) is 0 Å². The number of carbonyl (C=O) groups excluding carboxylic acids is 1. The molecule has 0 aliphatic carbocycles. The van der Waals surface area contributed by atoms with E-state index in [1.807, 2.05) is 11.5 Å². The molecule has 0 heterocycles. The van der Waals surface area contributed by atoms with Gasteiger partial charge in [0.05, 0.1) is 12.7 Å². The number of ether oxygens (including phenoxy) is 1. The van der Waals surface area contributed by atoms with E-state index in [0.717, 1.165) is 0 Å². The predicted molar refractivity (Wildman–Crippen MR) is 61.2 cm³/mol. The quantitative estimate of drug-likeness (QED) is 0.381. The number of nitriles is 1. The summed E-state index contributed by atoms with van der Waals surface area (Å²) in [6.07, 6.45) is 0. The van der Waals surface area contributed by atoms with E-state index in [4.69, 9.17) is 21.5 Å². The molecule has 0 aliphatic heterocycles. The number of nitrogens with two attached hydrogens (primary N) is 2. The first-order chi connectivity index (χ1) is 8.08. The number of methoxy groups -OCH3 is 1. The van der Waals surface area contributed by atoms with Crippen molar-refractivity contribution >= 4 is 11.9 Å². The van der Waals surface area contributed by atoms with Crippen LogP contribution in [0.2, 0.25) is 0 Å². The van der Waals surface area contributed by atoms with E-state index in [9.17, 15) is 4.79 Å². The fourth-order valence-electron chi connectivity index (χ4n) is 1.12. The molecule has 0 saturated carbocycles. The van der Waals surface area contributed by atoms with Gasteiger partial charge in [0.25, 0.3) is 0 Å². The van der Waals surface area contributed by atoms with Gasteiger partial charge in [0.2, 0.25) is 0 Å². The smallest absolute Gasteiger partial charge is 0.332 e. The number of rotatable bonds is 3. The number of benzene rings is 1. The Hall–Kier alpha value is -2.75. The second-order valence-corrected chi connectivity index (χ2v) is 3.00. The van der Waals surface area contributed by atoms with Gasteiger partial charge in [0, 0.05) is 5.56 Å². The molecule has 0 unspecified atom stereocenters. The average Bonchev–Trinajstić information content (AvgIpc) is 2.34. The largest absolute Gasteiger partial charge is 0.495 e. The van der Waals surface area contributed by atoms with Gasteiger partial charge >= 0.3 is 6.03 Å². The van der Waals surface area contributed by atoms with Crippen LogP contribution in [0, 0.1) is 11.3 Å². The molecular formula is C10H11N5O2. The van der Waals surface area contributed by atoms with Gasteiger partial charge in [-0.2, -0.15) is 10.4 Å². The molecule has 1 aromatic rings. The molecule has 1 rings (SSSR count). The van der Waals surface area contributed by atoms with Crippen LogP contribution in [0.25, 0.3) is 0 Å². The molecule has 2 amide bonds. The standard InChI is InChI=1S/C10H11N5O2/c1-17-8-4-6(2-3-7(8)5-11)9(12)14-15-10(13)16/h2-4H,1H3,(H2,12,14)(H3,13,15,16). The third-order valence-electron chi connectivity index (χ3n) is 1.90. The van der Waals surface area contributed by atoms with Gasteiger partial charge in [0.1, 0.15) is 11.8 Å². The minimum atomic E-state index is -0.812. The summed E-state index contributed by atoms with van der Waals surface area (Å²) in [6, 6.07) is 5.83. The van der Waals surface area contributed by atoms with Crippen molar-refractivity contribution in [3.8, 4) is 11.8 Å². The molecular weight excluding hydrogens is 222 g/mol. The molecule has 88 valence electrons. The topological polar surface area (TPSA) is 127 Å². The number of amidine groups is 1. The Kier molecular flexibility index (Phi) is 3.89. The highest BCUT2D eigenvalue weighted by Crippen LogP contribution is 2.18. The summed E-state index contributed by atoms with van der Waals surface area (Å²) in [5.74, 6) is 0.439. The highest BCUT2D eigenvalue weighted by molar-refractivity contribution is 5.98. The van der Waals surface area contributed by atoms with E-state index >= 15 is 0 Å². The lowest BCUT2D eigenvalue weighted by atomic mass is 10.1. The number of urea groups is 1. The van der Waals surface area contributed by atoms with E-state index in [0.29, 0.717) is 16.9 Å². The number of hydrazone groups is 1. The molecule has 0 bridgehead atoms. The van der Waals surface area contributed by atoms with Crippen LogP contribution in [0.4, 0.5) is 4.79 Å². The van der Waals surface area contributed by atoms with Gasteiger partial charge in [-0.3, -0.25) is 0 Å². The fraction of sp³-hybridized carbons (Fsp3) is 0.100. The summed E-state index contributed by atoms with van der Waals surface area (Å²) in [7, 11) is 1.44. The first kappa shape index (κ1) is 12.3. The maximum atomic E-state index is 10.4. The Morgan fingerprint density at radius 2 is 2.24 bits per heavy atom. The Bertz CT molecular complexity index is 504. The van der Waals surface area contributed by atoms with E-state index in [2.05, 4.69) is 5.10 Å². The molecule has 0 aliphatic rings. The Balaban J connectivity index is 3.04. The van der Waals surface area contributed by atoms with Crippen molar-refractivity contribution in [3.05, 3.63) is 29.3 Å². The molecule has 0 aromatic heterocycles. The first-order valence-electron chi connectivity index (χ1n) is 4.55. The third-order valence-corrected chi connectivity index (χ3v) is 1.90. The summed E-state index contributed by atoms with van der Waals surface area (Å²) in [5.41, 5.74) is 13.3. The zero-order valence-electron chi connectivity index (χ0n) is 9.10. The fourth-order valence-corrected chi connectivity index (χ4v) is 1.12. The van der Waals surface area contributed by atoms with E-state index in [1.165, 1.54) is 7.11 Å². The van der Waals surface area contributed by atoms with Crippen LogP contribution in [-0.2, 0) is 0 Å². The van der Waals surface area contributed by atoms with Crippen molar-refractivity contribution in [3.63, 3.8) is 0 Å². The molecule has 0 fully saturated rings. The zero-order chi connectivity index (χ0) is 12.8. The molecule has 0 radical (unpaired) electrons. The van der Waals surface area contributed by atoms with Crippen molar-refractivity contribution in [1.29, 1.82) is 5.26 Å². The van der Waals surface area contributed by atoms with Crippen molar-refractivity contribution in [2.45, 2.75) is 0 Å². The number of hydrogen-bond donors (Lipinski definition) is 3. The molecule has 5 N–H and O–H groups in total. The number of nitrogens with one attached hydrogen (secondary N) is 1. The molecule has 7 nitrogen and oxygen atoms in total. The Labute approximate surface area is 97.7 Å². The van der Waals surface area contributed by atoms with Gasteiger partial charge < -0.3 is 16.2 Å². The van der Waals surface area contributed by atoms with Crippen molar-refractivity contribution < 1.29 is 9.53 Å². The summed E-state index contributed by atoms with van der Waals surface area (Å²) in [5, 5.41) is 12.3. The van der Waals surface area contributed by atoms with E-state index < -0.39 is 6.03 Å². The highest BCUT2D eigenvalue weighted by Gasteiger charge is 2.06. The number of amides is 2. The molecule has 0 spiro atoms. The maximum Gasteiger partial charge on any atom is 0.332 e. The maximum absolute atomic E-state index is 10.4. The van der Waals surface area contributed by atoms with Crippen LogP contribution >= 0.6 is 0 Å². The summed E-state index contributed by atoms with van der Waals surface area (Å²) in [6.45, 7) is 0. The SMILES string of the molecule is COc1cc(/C(N)=N\NC(N)=O)ccc1C#N. The second kappa shape index (κ2) is 5.37. The summed E-state index contributed by atoms with van der Waals surface area (Å²) in [4.78, 5) is 10.4. The lowest BCUT2D eigenvalue weighted by Gasteiger charge is -2.05. The monoisotopic (exact) mass is 233 g/mol. The first-order valence-corrected chi connectivity index (χ1v) is 4.55. The van der Waals surface area contributed by atoms with Crippen LogP contribution in [0.15, 0.2) is 23.3 Å². The normalized spacial score (nSPS) is 10.5. The molecule has 17 heavy (non-hydrogen) atoms. The highest BCUT2D eigenvalue weighted by atomic mass is 16.5. The lowest BCUT2D eigenvalue weighted by Crippen LogP contribution is -2.28. The van der Waals surface area contributed by atoms with Crippen molar-refractivity contribution in [2.24, 2.45) is 16.6 Å². The van der Waals surface area contributed by atoms with Crippen LogP contribution in [0.3, 0.4) is 0 Å². The van der Waals surface area contributed by atoms with Gasteiger partial charge in [-0.05, 0) is 18.2 Å². The summed E-state index contributed by atoms with van der Waals surface area (Å²) >= 11 is 0. The van der Waals surface area contributed by atoms with Crippen LogP contribution in [0.5, 0.6) is 5.75 Å². The number of carbonyl (C=O) groups is 1. The number of nitrogens with zero attached hydrogens (tertiary/aromatic N) is 2. The zero-order valence-corrected chi connectivity index (χ0v) is 9.10. The van der Waals surface area contributed by atoms with E-state index in [-0.39, 0.29) is 5.84 Å². The molecule has 0 saturated heterocycles. The predicted octanol–water partition coefficient (Wildman–Crippen LogP) is -0.145. The average molecular weight is 233 g/mol. The molecule has 1 aromatic carbocycles. The second-order valence-electron chi connectivity index (χ2n) is 3.00. The molecule has 0 atom stereocenters. The van der Waals surface area contributed by atoms with Crippen LogP contribution < -0.4 is 21.6 Å². The Morgan fingerprint density at radius 1 is 1.53 bits per heavy atom. The van der Waals surface area contributed by atoms with Crippen molar-refractivity contribution in [1.82, 2.24) is 5.43 Å². The van der Waals surface area contributed by atoms with Crippen LogP contribution in [-0.4, -0.2) is 19.0 Å². The number of primary amides is 1. The number of hydrogen-bond acceptors (Lipinski definition) is 4. The van der Waals surface area contributed by atoms with Gasteiger partial charge in [0.15, 0.2) is 5.84 Å². The van der Waals surface area contributed by atoms with Gasteiger partial charge in [-0.25, -0.2) is 10.2 Å². The summed E-state index contributed by atoms with van der Waals surface area (Å²) < 4.78 is 5.01. The van der Waals surface area contributed by atoms with Crippen LogP contribution in [0.1, 0.15) is 11.1 Å². The minimum Gasteiger partial charge on any atom is -0.495 e. The lowest BCUT2D eigenvalue weighted by molar-refractivity contribution is 0.249. The van der Waals surface area contributed by atoms with E-state index in [1.54, 1.807) is 18.2 Å². The van der Waals surface area contributed by atoms with Gasteiger partial charge in [-0.15, -0.1) is 0 Å². The minimum absolute atomic E-state index is 0.0617. The third kappa shape index (κ3) is 3.10. The Morgan fingerprint density at radius 3 is 2.76 bits per heavy atom. The molecule has 7 heteroatoms. The van der Waals surface area contributed by atoms with Crippen molar-refractivity contribution in [2.75, 3.05) is 7.11 Å².